The van der Waals surface area contributed by atoms with Gasteiger partial charge in [-0.3, -0.25) is 0 Å². The molecule has 25 heavy (non-hydrogen) atoms. The van der Waals surface area contributed by atoms with Gasteiger partial charge in [-0.1, -0.05) is 26.2 Å². The highest BCUT2D eigenvalue weighted by molar-refractivity contribution is 7.89. The molecule has 0 aromatic heterocycles. The topological polar surface area (TPSA) is 58.6 Å². The minimum atomic E-state index is -3.01. The number of piperidine rings is 2. The predicted octanol–water partition coefficient (Wildman–Crippen LogP) is 3.01. The molecule has 6 heteroatoms. The summed E-state index contributed by atoms with van der Waals surface area (Å²) >= 11 is 0. The number of ether oxygens (including phenoxy) is 1. The van der Waals surface area contributed by atoms with Crippen LogP contribution in [0.4, 0.5) is 0 Å². The number of hydrogen-bond donors (Lipinski definition) is 1. The van der Waals surface area contributed by atoms with E-state index in [0.29, 0.717) is 25.4 Å². The van der Waals surface area contributed by atoms with Gasteiger partial charge in [-0.05, 0) is 63.5 Å². The van der Waals surface area contributed by atoms with Gasteiger partial charge in [-0.15, -0.1) is 0 Å². The Bertz CT molecular complexity index is 442. The van der Waals surface area contributed by atoms with Crippen molar-refractivity contribution >= 4 is 10.0 Å². The summed E-state index contributed by atoms with van der Waals surface area (Å²) in [6.07, 6.45) is 10.4. The van der Waals surface area contributed by atoms with Crippen molar-refractivity contribution in [2.24, 2.45) is 11.8 Å². The monoisotopic (exact) mass is 374 g/mol. The van der Waals surface area contributed by atoms with Crippen LogP contribution >= 0.6 is 0 Å². The molecule has 0 aromatic carbocycles. The minimum Gasteiger partial charge on any atom is -0.381 e. The molecule has 0 aliphatic carbocycles. The van der Waals surface area contributed by atoms with Gasteiger partial charge in [-0.25, -0.2) is 12.7 Å². The van der Waals surface area contributed by atoms with E-state index in [1.807, 2.05) is 6.92 Å². The van der Waals surface area contributed by atoms with Crippen LogP contribution in [0, 0.1) is 11.8 Å². The summed E-state index contributed by atoms with van der Waals surface area (Å²) < 4.78 is 31.6. The molecule has 2 heterocycles. The van der Waals surface area contributed by atoms with Crippen molar-refractivity contribution < 1.29 is 13.2 Å². The molecule has 2 aliphatic heterocycles. The Balaban J connectivity index is 1.45. The van der Waals surface area contributed by atoms with Crippen molar-refractivity contribution in [2.75, 3.05) is 45.1 Å². The predicted molar refractivity (Wildman–Crippen MR) is 103 cm³/mol. The van der Waals surface area contributed by atoms with Crippen molar-refractivity contribution in [3.8, 4) is 0 Å². The fourth-order valence-corrected chi connectivity index (χ4v) is 5.52. The van der Waals surface area contributed by atoms with Crippen molar-refractivity contribution in [2.45, 2.75) is 64.7 Å². The fourth-order valence-electron chi connectivity index (χ4n) is 3.98. The van der Waals surface area contributed by atoms with Gasteiger partial charge in [0.05, 0.1) is 5.75 Å². The maximum Gasteiger partial charge on any atom is 0.214 e. The fraction of sp³-hybridized carbons (Fsp3) is 1.00. The first-order chi connectivity index (χ1) is 12.1. The molecule has 0 unspecified atom stereocenters. The maximum absolute atomic E-state index is 12.1. The molecule has 0 aromatic rings. The lowest BCUT2D eigenvalue weighted by Crippen LogP contribution is -2.40. The van der Waals surface area contributed by atoms with Gasteiger partial charge in [0.1, 0.15) is 0 Å². The lowest BCUT2D eigenvalue weighted by molar-refractivity contribution is 0.0767. The van der Waals surface area contributed by atoms with Gasteiger partial charge < -0.3 is 10.1 Å². The Labute approximate surface area is 154 Å². The lowest BCUT2D eigenvalue weighted by Gasteiger charge is -2.31. The van der Waals surface area contributed by atoms with Gasteiger partial charge in [0.2, 0.25) is 10.0 Å². The molecular weight excluding hydrogens is 336 g/mol. The number of hydrogen-bond acceptors (Lipinski definition) is 4. The second-order valence-corrected chi connectivity index (χ2v) is 9.86. The minimum absolute atomic E-state index is 0.283. The van der Waals surface area contributed by atoms with E-state index in [9.17, 15) is 8.42 Å². The number of rotatable bonds is 11. The molecule has 0 spiro atoms. The van der Waals surface area contributed by atoms with Crippen LogP contribution in [-0.4, -0.2) is 57.9 Å². The Kier molecular flexibility index (Phi) is 9.74. The third kappa shape index (κ3) is 7.94. The van der Waals surface area contributed by atoms with E-state index in [4.69, 9.17) is 4.74 Å². The zero-order valence-electron chi connectivity index (χ0n) is 16.0. The van der Waals surface area contributed by atoms with E-state index in [-0.39, 0.29) is 5.75 Å². The third-order valence-corrected chi connectivity index (χ3v) is 7.72. The van der Waals surface area contributed by atoms with E-state index < -0.39 is 10.0 Å². The van der Waals surface area contributed by atoms with Gasteiger partial charge in [-0.2, -0.15) is 0 Å². The number of nitrogens with zero attached hydrogens (tertiary/aromatic N) is 1. The van der Waals surface area contributed by atoms with Crippen LogP contribution in [0.2, 0.25) is 0 Å². The summed E-state index contributed by atoms with van der Waals surface area (Å²) in [6, 6.07) is 0. The molecule has 0 amide bonds. The molecule has 2 saturated heterocycles. The van der Waals surface area contributed by atoms with E-state index in [1.54, 1.807) is 4.31 Å². The van der Waals surface area contributed by atoms with Crippen LogP contribution in [-0.2, 0) is 14.8 Å². The Hall–Kier alpha value is -0.170. The highest BCUT2D eigenvalue weighted by Crippen LogP contribution is 2.21. The average molecular weight is 375 g/mol. The standard InChI is InChI=1S/C19H38N2O3S/c1-2-16-25(22,23)21-13-9-19(10-14-21)17-24-15-5-3-4-6-18-7-11-20-12-8-18/h18-20H,2-17H2,1H3. The van der Waals surface area contributed by atoms with Crippen molar-refractivity contribution in [3.63, 3.8) is 0 Å². The molecule has 0 bridgehead atoms. The summed E-state index contributed by atoms with van der Waals surface area (Å²) in [5.41, 5.74) is 0. The molecule has 1 N–H and O–H groups in total. The molecule has 0 atom stereocenters. The molecule has 148 valence electrons. The Morgan fingerprint density at radius 2 is 1.72 bits per heavy atom. The second kappa shape index (κ2) is 11.5. The van der Waals surface area contributed by atoms with E-state index in [0.717, 1.165) is 38.4 Å². The van der Waals surface area contributed by atoms with Crippen LogP contribution in [0.5, 0.6) is 0 Å². The normalized spacial score (nSPS) is 21.6. The number of sulfonamides is 1. The molecule has 0 saturated carbocycles. The Morgan fingerprint density at radius 3 is 2.40 bits per heavy atom. The van der Waals surface area contributed by atoms with E-state index >= 15 is 0 Å². The number of unbranched alkanes of at least 4 members (excludes halogenated alkanes) is 2. The van der Waals surface area contributed by atoms with Gasteiger partial charge >= 0.3 is 0 Å². The number of nitrogens with one attached hydrogen (secondary N) is 1. The highest BCUT2D eigenvalue weighted by atomic mass is 32.2. The van der Waals surface area contributed by atoms with E-state index in [2.05, 4.69) is 5.32 Å². The van der Waals surface area contributed by atoms with Crippen LogP contribution in [0.25, 0.3) is 0 Å². The first kappa shape index (κ1) is 21.1. The summed E-state index contributed by atoms with van der Waals surface area (Å²) in [5, 5.41) is 3.42. The first-order valence-electron chi connectivity index (χ1n) is 10.4. The quantitative estimate of drug-likeness (QED) is 0.565. The van der Waals surface area contributed by atoms with Crippen LogP contribution in [0.3, 0.4) is 0 Å². The summed E-state index contributed by atoms with van der Waals surface area (Å²) in [6.45, 7) is 7.33. The van der Waals surface area contributed by atoms with Gasteiger partial charge in [0, 0.05) is 26.3 Å². The van der Waals surface area contributed by atoms with Crippen LogP contribution in [0.15, 0.2) is 0 Å². The van der Waals surface area contributed by atoms with Crippen molar-refractivity contribution in [3.05, 3.63) is 0 Å². The summed E-state index contributed by atoms with van der Waals surface area (Å²) in [4.78, 5) is 0. The summed E-state index contributed by atoms with van der Waals surface area (Å²) in [5.74, 6) is 1.75. The molecule has 0 radical (unpaired) electrons. The third-order valence-electron chi connectivity index (χ3n) is 5.64. The summed E-state index contributed by atoms with van der Waals surface area (Å²) in [7, 11) is -3.01. The molecule has 5 nitrogen and oxygen atoms in total. The Morgan fingerprint density at radius 1 is 1.00 bits per heavy atom. The molecule has 2 rings (SSSR count). The van der Waals surface area contributed by atoms with Crippen LogP contribution < -0.4 is 5.32 Å². The van der Waals surface area contributed by atoms with Crippen molar-refractivity contribution in [1.29, 1.82) is 0 Å². The lowest BCUT2D eigenvalue weighted by atomic mass is 9.92. The zero-order valence-corrected chi connectivity index (χ0v) is 16.9. The van der Waals surface area contributed by atoms with Crippen molar-refractivity contribution in [1.82, 2.24) is 9.62 Å². The first-order valence-corrected chi connectivity index (χ1v) is 12.0. The van der Waals surface area contributed by atoms with Gasteiger partial charge in [0.15, 0.2) is 0 Å². The largest absolute Gasteiger partial charge is 0.381 e. The average Bonchev–Trinajstić information content (AvgIpc) is 2.62. The second-order valence-electron chi connectivity index (χ2n) is 7.78. The molecule has 2 aliphatic rings. The van der Waals surface area contributed by atoms with Crippen LogP contribution in [0.1, 0.15) is 64.7 Å². The maximum atomic E-state index is 12.1. The smallest absolute Gasteiger partial charge is 0.214 e. The SMILES string of the molecule is CCCS(=O)(=O)N1CCC(COCCCCCC2CCNCC2)CC1. The molecular formula is C19H38N2O3S. The zero-order chi connectivity index (χ0) is 18.0. The van der Waals surface area contributed by atoms with E-state index in [1.165, 1.54) is 45.2 Å². The van der Waals surface area contributed by atoms with Gasteiger partial charge in [0.25, 0.3) is 0 Å². The highest BCUT2D eigenvalue weighted by Gasteiger charge is 2.27. The molecule has 2 fully saturated rings.